The Morgan fingerprint density at radius 3 is 1.30 bits per heavy atom. The van der Waals surface area contributed by atoms with Gasteiger partial charge < -0.3 is 40.3 Å². The first-order valence-electron chi connectivity index (χ1n) is 27.2. The molecule has 1 fully saturated rings. The second-order valence-corrected chi connectivity index (χ2v) is 18.3. The standard InChI is InChI=1S/C60H99NO8/c1-3-5-7-9-11-13-15-17-18-19-20-21-22-23-24-25-26-27-28-29-30-31-32-33-34-35-36-38-40-42-44-46-48-50-56(64)61-53(52-68-60-59(67)58(66)57(65)55(51-62)69-60)54(63)49-47-45-43-41-39-37-16-14-12-10-8-6-4-2/h5,7,11,13,17-18,20-21,23-24,26-27,29-30,32-33,35-36,40,42,53-55,57-60,62-63,65-67H,3-4,6,8-10,12,14-16,19,22,25,28,31,34,37-39,41,43-52H2,1-2H3,(H,61,64)/b7-5-,13-11-,18-17-,21-20-,24-23-,27-26-,30-29-,33-32-,36-35-,42-40-. The lowest BCUT2D eigenvalue weighted by atomic mass is 9.99. The molecule has 9 nitrogen and oxygen atoms in total. The average Bonchev–Trinajstić information content (AvgIpc) is 3.35. The monoisotopic (exact) mass is 962 g/mol. The van der Waals surface area contributed by atoms with E-state index in [4.69, 9.17) is 9.47 Å². The molecule has 9 heteroatoms. The van der Waals surface area contributed by atoms with Crippen LogP contribution in [-0.2, 0) is 14.3 Å². The van der Waals surface area contributed by atoms with Crippen molar-refractivity contribution in [1.82, 2.24) is 5.32 Å². The summed E-state index contributed by atoms with van der Waals surface area (Å²) in [6.07, 6.45) is 65.0. The molecule has 1 heterocycles. The van der Waals surface area contributed by atoms with Gasteiger partial charge in [-0.15, -0.1) is 0 Å². The molecule has 1 amide bonds. The van der Waals surface area contributed by atoms with E-state index >= 15 is 0 Å². The minimum Gasteiger partial charge on any atom is -0.394 e. The zero-order valence-electron chi connectivity index (χ0n) is 43.3. The highest BCUT2D eigenvalue weighted by Gasteiger charge is 2.44. The zero-order chi connectivity index (χ0) is 50.1. The highest BCUT2D eigenvalue weighted by Crippen LogP contribution is 2.23. The average molecular weight is 962 g/mol. The Morgan fingerprint density at radius 1 is 0.507 bits per heavy atom. The molecule has 0 spiro atoms. The van der Waals surface area contributed by atoms with Crippen molar-refractivity contribution in [3.05, 3.63) is 122 Å². The van der Waals surface area contributed by atoms with Gasteiger partial charge in [-0.25, -0.2) is 0 Å². The number of ether oxygens (including phenoxy) is 2. The summed E-state index contributed by atoms with van der Waals surface area (Å²) in [5, 5.41) is 54.5. The Kier molecular flexibility index (Phi) is 44.5. The molecule has 0 bridgehead atoms. The fraction of sp³-hybridized carbons (Fsp3) is 0.650. The summed E-state index contributed by atoms with van der Waals surface area (Å²) in [5.41, 5.74) is 0. The molecule has 7 unspecified atom stereocenters. The molecule has 6 N–H and O–H groups in total. The van der Waals surface area contributed by atoms with Crippen LogP contribution < -0.4 is 5.32 Å². The Hall–Kier alpha value is -3.41. The number of carbonyl (C=O) groups is 1. The van der Waals surface area contributed by atoms with Crippen molar-refractivity contribution in [2.75, 3.05) is 13.2 Å². The van der Waals surface area contributed by atoms with Gasteiger partial charge in [0.1, 0.15) is 24.4 Å². The van der Waals surface area contributed by atoms with Crippen molar-refractivity contribution < 1.29 is 39.8 Å². The molecule has 69 heavy (non-hydrogen) atoms. The molecule has 1 rings (SSSR count). The van der Waals surface area contributed by atoms with E-state index in [9.17, 15) is 30.3 Å². The summed E-state index contributed by atoms with van der Waals surface area (Å²) in [5.74, 6) is -0.192. The third-order valence-corrected chi connectivity index (χ3v) is 12.1. The van der Waals surface area contributed by atoms with E-state index in [1.165, 1.54) is 64.2 Å². The molecule has 0 aromatic rings. The molecule has 0 aromatic heterocycles. The van der Waals surface area contributed by atoms with Gasteiger partial charge in [-0.2, -0.15) is 0 Å². The second kappa shape index (κ2) is 48.2. The smallest absolute Gasteiger partial charge is 0.220 e. The first-order chi connectivity index (χ1) is 33.8. The number of nitrogens with one attached hydrogen (secondary N) is 1. The number of carbonyl (C=O) groups excluding carboxylic acids is 1. The van der Waals surface area contributed by atoms with Gasteiger partial charge >= 0.3 is 0 Å². The van der Waals surface area contributed by atoms with Crippen molar-refractivity contribution in [3.8, 4) is 0 Å². The van der Waals surface area contributed by atoms with Crippen LogP contribution >= 0.6 is 0 Å². The maximum Gasteiger partial charge on any atom is 0.220 e. The lowest BCUT2D eigenvalue weighted by Crippen LogP contribution is -2.60. The lowest BCUT2D eigenvalue weighted by molar-refractivity contribution is -0.302. The summed E-state index contributed by atoms with van der Waals surface area (Å²) in [4.78, 5) is 13.0. The van der Waals surface area contributed by atoms with Crippen molar-refractivity contribution in [2.45, 2.75) is 236 Å². The van der Waals surface area contributed by atoms with Crippen molar-refractivity contribution in [2.24, 2.45) is 0 Å². The lowest BCUT2D eigenvalue weighted by Gasteiger charge is -2.40. The van der Waals surface area contributed by atoms with Gasteiger partial charge in [0.05, 0.1) is 25.4 Å². The molecule has 0 radical (unpaired) electrons. The van der Waals surface area contributed by atoms with Crippen LogP contribution in [0.5, 0.6) is 0 Å². The number of hydrogen-bond acceptors (Lipinski definition) is 8. The number of rotatable bonds is 44. The summed E-state index contributed by atoms with van der Waals surface area (Å²) in [6, 6.07) is -0.751. The first-order valence-corrected chi connectivity index (χ1v) is 27.2. The fourth-order valence-corrected chi connectivity index (χ4v) is 7.78. The van der Waals surface area contributed by atoms with Crippen molar-refractivity contribution in [3.63, 3.8) is 0 Å². The van der Waals surface area contributed by atoms with E-state index < -0.39 is 49.5 Å². The van der Waals surface area contributed by atoms with E-state index in [0.717, 1.165) is 96.3 Å². The number of aliphatic hydroxyl groups is 5. The van der Waals surface area contributed by atoms with Crippen molar-refractivity contribution in [1.29, 1.82) is 0 Å². The molecule has 0 aromatic carbocycles. The van der Waals surface area contributed by atoms with Crippen molar-refractivity contribution >= 4 is 5.91 Å². The largest absolute Gasteiger partial charge is 0.394 e. The summed E-state index contributed by atoms with van der Waals surface area (Å²) in [7, 11) is 0. The zero-order valence-corrected chi connectivity index (χ0v) is 43.3. The van der Waals surface area contributed by atoms with E-state index in [-0.39, 0.29) is 12.5 Å². The maximum atomic E-state index is 13.0. The maximum absolute atomic E-state index is 13.0. The number of amides is 1. The summed E-state index contributed by atoms with van der Waals surface area (Å²) >= 11 is 0. The van der Waals surface area contributed by atoms with Gasteiger partial charge in [0.15, 0.2) is 6.29 Å². The molecule has 1 aliphatic rings. The summed E-state index contributed by atoms with van der Waals surface area (Å²) in [6.45, 7) is 3.67. The van der Waals surface area contributed by atoms with Crippen LogP contribution in [0.3, 0.4) is 0 Å². The normalized spacial score (nSPS) is 20.5. The number of unbranched alkanes of at least 4 members (excludes halogenated alkanes) is 14. The predicted molar refractivity (Wildman–Crippen MR) is 290 cm³/mol. The number of aliphatic hydroxyl groups excluding tert-OH is 5. The Morgan fingerprint density at radius 2 is 0.899 bits per heavy atom. The third kappa shape index (κ3) is 38.0. The van der Waals surface area contributed by atoms with Gasteiger partial charge in [0, 0.05) is 6.42 Å². The van der Waals surface area contributed by atoms with Gasteiger partial charge in [0.25, 0.3) is 0 Å². The quantitative estimate of drug-likeness (QED) is 0.0261. The molecule has 1 aliphatic heterocycles. The fourth-order valence-electron chi connectivity index (χ4n) is 7.78. The van der Waals surface area contributed by atoms with E-state index in [1.807, 2.05) is 0 Å². The minimum absolute atomic E-state index is 0.164. The molecular formula is C60H99NO8. The van der Waals surface area contributed by atoms with Gasteiger partial charge in [-0.3, -0.25) is 4.79 Å². The predicted octanol–water partition coefficient (Wildman–Crippen LogP) is 13.2. The molecular weight excluding hydrogens is 863 g/mol. The third-order valence-electron chi connectivity index (χ3n) is 12.1. The Bertz CT molecular complexity index is 1490. The topological polar surface area (TPSA) is 149 Å². The van der Waals surface area contributed by atoms with Crippen LogP contribution in [0.1, 0.15) is 194 Å². The molecule has 0 aliphatic carbocycles. The Balaban J connectivity index is 2.26. The van der Waals surface area contributed by atoms with Crippen LogP contribution in [0.15, 0.2) is 122 Å². The molecule has 1 saturated heterocycles. The number of hydrogen-bond donors (Lipinski definition) is 6. The van der Waals surface area contributed by atoms with Crippen LogP contribution in [0.2, 0.25) is 0 Å². The van der Waals surface area contributed by atoms with E-state index in [0.29, 0.717) is 19.3 Å². The van der Waals surface area contributed by atoms with Crippen LogP contribution in [0, 0.1) is 0 Å². The van der Waals surface area contributed by atoms with E-state index in [1.54, 1.807) is 0 Å². The Labute approximate surface area is 420 Å². The summed E-state index contributed by atoms with van der Waals surface area (Å²) < 4.78 is 11.3. The molecule has 392 valence electrons. The van der Waals surface area contributed by atoms with Crippen LogP contribution in [0.25, 0.3) is 0 Å². The van der Waals surface area contributed by atoms with Gasteiger partial charge in [-0.05, 0) is 89.9 Å². The highest BCUT2D eigenvalue weighted by molar-refractivity contribution is 5.76. The SMILES string of the molecule is CC/C=C\C/C=C\C/C=C\C/C=C\C/C=C\C/C=C\C/C=C\C/C=C\C/C=C\C/C=C\CCCCC(=O)NC(COC1OC(CO)C(O)C(O)C1O)C(O)CCCCCCCCCCCCCCC. The van der Waals surface area contributed by atoms with Crippen LogP contribution in [-0.4, -0.2) is 87.5 Å². The number of allylic oxidation sites excluding steroid dienone is 20. The van der Waals surface area contributed by atoms with Gasteiger partial charge in [-0.1, -0.05) is 219 Å². The second-order valence-electron chi connectivity index (χ2n) is 18.3. The van der Waals surface area contributed by atoms with Gasteiger partial charge in [0.2, 0.25) is 5.91 Å². The minimum atomic E-state index is -1.57. The highest BCUT2D eigenvalue weighted by atomic mass is 16.7. The molecule has 0 saturated carbocycles. The first kappa shape index (κ1) is 63.6. The molecule has 7 atom stereocenters. The van der Waals surface area contributed by atoms with Crippen LogP contribution in [0.4, 0.5) is 0 Å². The van der Waals surface area contributed by atoms with E-state index in [2.05, 4.69) is 141 Å².